The van der Waals surface area contributed by atoms with Crippen molar-refractivity contribution in [2.75, 3.05) is 13.7 Å². The summed E-state index contributed by atoms with van der Waals surface area (Å²) in [4.78, 5) is 10.9. The monoisotopic (exact) mass is 144 g/mol. The lowest BCUT2D eigenvalue weighted by molar-refractivity contribution is -0.201. The predicted octanol–water partition coefficient (Wildman–Crippen LogP) is 0.584. The van der Waals surface area contributed by atoms with Crippen LogP contribution >= 0.6 is 0 Å². The molecule has 0 N–H and O–H groups in total. The largest absolute Gasteiger partial charge is 0.467 e. The molecule has 1 aliphatic heterocycles. The second kappa shape index (κ2) is 2.23. The topological polar surface area (TPSA) is 35.5 Å². The molecule has 0 saturated carbocycles. The molecule has 0 aromatic heterocycles. The van der Waals surface area contributed by atoms with E-state index in [0.717, 1.165) is 0 Å². The van der Waals surface area contributed by atoms with Crippen molar-refractivity contribution < 1.29 is 14.3 Å². The Bertz CT molecular complexity index is 151. The molecule has 1 heterocycles. The quantitative estimate of drug-likeness (QED) is 0.505. The first kappa shape index (κ1) is 7.54. The highest BCUT2D eigenvalue weighted by Crippen LogP contribution is 2.34. The smallest absolute Gasteiger partial charge is 0.335 e. The van der Waals surface area contributed by atoms with Crippen LogP contribution in [0.4, 0.5) is 0 Å². The van der Waals surface area contributed by atoms with Gasteiger partial charge in [-0.1, -0.05) is 13.8 Å². The van der Waals surface area contributed by atoms with Crippen molar-refractivity contribution in [3.63, 3.8) is 0 Å². The first-order chi connectivity index (χ1) is 4.58. The molecule has 1 aliphatic rings. The normalized spacial score (nSPS) is 28.9. The second-order valence-corrected chi connectivity index (χ2v) is 3.20. The van der Waals surface area contributed by atoms with Crippen LogP contribution < -0.4 is 0 Å². The Labute approximate surface area is 60.3 Å². The Balaban J connectivity index is 2.51. The molecule has 0 aromatic carbocycles. The van der Waals surface area contributed by atoms with Crippen LogP contribution in [-0.4, -0.2) is 25.8 Å². The molecule has 0 spiro atoms. The number of carbonyl (C=O) groups excluding carboxylic acids is 1. The third-order valence-corrected chi connectivity index (χ3v) is 1.75. The molecule has 0 aromatic rings. The molecule has 1 fully saturated rings. The standard InChI is InChI=1S/C7H12O3/c1-7(2)4-10-5(7)6(8)9-3/h5H,4H2,1-3H3. The molecule has 0 aliphatic carbocycles. The molecule has 0 bridgehead atoms. The maximum absolute atomic E-state index is 10.9. The van der Waals surface area contributed by atoms with Gasteiger partial charge >= 0.3 is 5.97 Å². The molecule has 1 rings (SSSR count). The van der Waals surface area contributed by atoms with Crippen molar-refractivity contribution in [1.29, 1.82) is 0 Å². The van der Waals surface area contributed by atoms with Gasteiger partial charge in [-0.15, -0.1) is 0 Å². The molecule has 3 heteroatoms. The summed E-state index contributed by atoms with van der Waals surface area (Å²) in [6.45, 7) is 4.61. The van der Waals surface area contributed by atoms with E-state index in [9.17, 15) is 4.79 Å². The summed E-state index contributed by atoms with van der Waals surface area (Å²) >= 11 is 0. The highest BCUT2D eigenvalue weighted by atomic mass is 16.6. The molecule has 1 atom stereocenters. The second-order valence-electron chi connectivity index (χ2n) is 3.20. The van der Waals surface area contributed by atoms with E-state index < -0.39 is 0 Å². The van der Waals surface area contributed by atoms with E-state index in [1.165, 1.54) is 7.11 Å². The fraction of sp³-hybridized carbons (Fsp3) is 0.857. The number of hydrogen-bond donors (Lipinski definition) is 0. The lowest BCUT2D eigenvalue weighted by Crippen LogP contribution is -2.52. The van der Waals surface area contributed by atoms with Crippen molar-refractivity contribution in [3.05, 3.63) is 0 Å². The summed E-state index contributed by atoms with van der Waals surface area (Å²) in [5, 5.41) is 0. The summed E-state index contributed by atoms with van der Waals surface area (Å²) in [7, 11) is 1.38. The van der Waals surface area contributed by atoms with Crippen molar-refractivity contribution in [2.24, 2.45) is 5.41 Å². The Kier molecular flexibility index (Phi) is 1.68. The van der Waals surface area contributed by atoms with Gasteiger partial charge in [0, 0.05) is 5.41 Å². The van der Waals surface area contributed by atoms with E-state index in [0.29, 0.717) is 6.61 Å². The zero-order chi connectivity index (χ0) is 7.78. The summed E-state index contributed by atoms with van der Waals surface area (Å²) in [6, 6.07) is 0. The first-order valence-electron chi connectivity index (χ1n) is 3.27. The molecule has 0 amide bonds. The number of rotatable bonds is 1. The number of esters is 1. The summed E-state index contributed by atoms with van der Waals surface area (Å²) in [6.07, 6.45) is -0.350. The van der Waals surface area contributed by atoms with Crippen LogP contribution in [0, 0.1) is 5.41 Å². The van der Waals surface area contributed by atoms with Gasteiger partial charge in [-0.3, -0.25) is 0 Å². The maximum atomic E-state index is 10.9. The maximum Gasteiger partial charge on any atom is 0.335 e. The highest BCUT2D eigenvalue weighted by molar-refractivity contribution is 5.76. The van der Waals surface area contributed by atoms with E-state index in [-0.39, 0.29) is 17.5 Å². The molecule has 1 unspecified atom stereocenters. The third kappa shape index (κ3) is 1.01. The average molecular weight is 144 g/mol. The Morgan fingerprint density at radius 2 is 2.30 bits per heavy atom. The average Bonchev–Trinajstić information content (AvgIpc) is 1.86. The van der Waals surface area contributed by atoms with Gasteiger partial charge in [-0.05, 0) is 0 Å². The van der Waals surface area contributed by atoms with Gasteiger partial charge in [0.1, 0.15) is 0 Å². The van der Waals surface area contributed by atoms with E-state index in [4.69, 9.17) is 4.74 Å². The Morgan fingerprint density at radius 1 is 1.70 bits per heavy atom. The van der Waals surface area contributed by atoms with Crippen LogP contribution in [0.2, 0.25) is 0 Å². The van der Waals surface area contributed by atoms with E-state index in [2.05, 4.69) is 4.74 Å². The molecule has 0 radical (unpaired) electrons. The molecule has 1 saturated heterocycles. The number of ether oxygens (including phenoxy) is 2. The fourth-order valence-corrected chi connectivity index (χ4v) is 0.994. The van der Waals surface area contributed by atoms with Gasteiger partial charge in [-0.2, -0.15) is 0 Å². The van der Waals surface area contributed by atoms with Crippen LogP contribution in [0.1, 0.15) is 13.8 Å². The van der Waals surface area contributed by atoms with Gasteiger partial charge in [0.25, 0.3) is 0 Å². The van der Waals surface area contributed by atoms with Gasteiger partial charge in [0.2, 0.25) is 0 Å². The Hall–Kier alpha value is -0.570. The van der Waals surface area contributed by atoms with Crippen LogP contribution in [0.25, 0.3) is 0 Å². The lowest BCUT2D eigenvalue weighted by Gasteiger charge is -2.41. The van der Waals surface area contributed by atoms with Crippen molar-refractivity contribution in [1.82, 2.24) is 0 Å². The number of hydrogen-bond acceptors (Lipinski definition) is 3. The van der Waals surface area contributed by atoms with Gasteiger partial charge in [-0.25, -0.2) is 4.79 Å². The molecule has 58 valence electrons. The van der Waals surface area contributed by atoms with Crippen molar-refractivity contribution in [3.8, 4) is 0 Å². The van der Waals surface area contributed by atoms with Gasteiger partial charge < -0.3 is 9.47 Å². The predicted molar refractivity (Wildman–Crippen MR) is 35.5 cm³/mol. The minimum absolute atomic E-state index is 0.0346. The Morgan fingerprint density at radius 3 is 2.40 bits per heavy atom. The number of methoxy groups -OCH3 is 1. The van der Waals surface area contributed by atoms with Crippen LogP contribution in [0.15, 0.2) is 0 Å². The van der Waals surface area contributed by atoms with Crippen LogP contribution in [-0.2, 0) is 14.3 Å². The molecular formula is C7H12O3. The van der Waals surface area contributed by atoms with Gasteiger partial charge in [0.15, 0.2) is 6.10 Å². The zero-order valence-corrected chi connectivity index (χ0v) is 6.51. The number of carbonyl (C=O) groups is 1. The summed E-state index contributed by atoms with van der Waals surface area (Å²) in [5.74, 6) is -0.267. The first-order valence-corrected chi connectivity index (χ1v) is 3.27. The van der Waals surface area contributed by atoms with Crippen molar-refractivity contribution >= 4 is 5.97 Å². The third-order valence-electron chi connectivity index (χ3n) is 1.75. The molecular weight excluding hydrogens is 132 g/mol. The van der Waals surface area contributed by atoms with E-state index >= 15 is 0 Å². The van der Waals surface area contributed by atoms with E-state index in [1.807, 2.05) is 13.8 Å². The van der Waals surface area contributed by atoms with Crippen molar-refractivity contribution in [2.45, 2.75) is 20.0 Å². The highest BCUT2D eigenvalue weighted by Gasteiger charge is 2.45. The van der Waals surface area contributed by atoms with Crippen LogP contribution in [0.5, 0.6) is 0 Å². The summed E-state index contributed by atoms with van der Waals surface area (Å²) in [5.41, 5.74) is -0.0346. The molecule has 3 nitrogen and oxygen atoms in total. The van der Waals surface area contributed by atoms with Gasteiger partial charge in [0.05, 0.1) is 13.7 Å². The van der Waals surface area contributed by atoms with Crippen LogP contribution in [0.3, 0.4) is 0 Å². The zero-order valence-electron chi connectivity index (χ0n) is 6.51. The summed E-state index contributed by atoms with van der Waals surface area (Å²) < 4.78 is 9.55. The SMILES string of the molecule is COC(=O)C1OCC1(C)C. The lowest BCUT2D eigenvalue weighted by atomic mass is 9.82. The fourth-order valence-electron chi connectivity index (χ4n) is 0.994. The minimum atomic E-state index is -0.350. The van der Waals surface area contributed by atoms with E-state index in [1.54, 1.807) is 0 Å². The minimum Gasteiger partial charge on any atom is -0.467 e. The molecule has 10 heavy (non-hydrogen) atoms.